The third-order valence-corrected chi connectivity index (χ3v) is 3.13. The molecule has 100 valence electrons. The van der Waals surface area contributed by atoms with Crippen LogP contribution in [0.25, 0.3) is 0 Å². The largest absolute Gasteiger partial charge is 0.477 e. The summed E-state index contributed by atoms with van der Waals surface area (Å²) in [4.78, 5) is 22.5. The van der Waals surface area contributed by atoms with Crippen molar-refractivity contribution in [1.82, 2.24) is 5.01 Å². The van der Waals surface area contributed by atoms with Crippen molar-refractivity contribution in [3.63, 3.8) is 0 Å². The summed E-state index contributed by atoms with van der Waals surface area (Å²) in [5.74, 6) is -2.07. The van der Waals surface area contributed by atoms with E-state index >= 15 is 0 Å². The average molecular weight is 285 g/mol. The molecule has 1 N–H and O–H groups in total. The van der Waals surface area contributed by atoms with Gasteiger partial charge in [-0.25, -0.2) is 14.2 Å². The Morgan fingerprint density at radius 2 is 2.21 bits per heavy atom. The number of aliphatic carboxylic acids is 1. The predicted molar refractivity (Wildman–Crippen MR) is 66.3 cm³/mol. The van der Waals surface area contributed by atoms with Crippen molar-refractivity contribution < 1.29 is 19.1 Å². The van der Waals surface area contributed by atoms with E-state index in [0.717, 1.165) is 5.01 Å². The van der Waals surface area contributed by atoms with E-state index in [1.807, 2.05) is 0 Å². The van der Waals surface area contributed by atoms with E-state index in [9.17, 15) is 14.0 Å². The highest BCUT2D eigenvalue weighted by molar-refractivity contribution is 6.36. The third-order valence-electron chi connectivity index (χ3n) is 2.70. The third kappa shape index (κ3) is 2.90. The first-order chi connectivity index (χ1) is 8.99. The van der Waals surface area contributed by atoms with E-state index in [-0.39, 0.29) is 36.0 Å². The van der Waals surface area contributed by atoms with Crippen LogP contribution in [0.1, 0.15) is 18.4 Å². The second kappa shape index (κ2) is 5.36. The van der Waals surface area contributed by atoms with Gasteiger partial charge < -0.3 is 5.11 Å². The number of carbonyl (C=O) groups excluding carboxylic acids is 1. The van der Waals surface area contributed by atoms with Crippen LogP contribution in [0.2, 0.25) is 5.02 Å². The molecule has 0 fully saturated rings. The van der Waals surface area contributed by atoms with Crippen molar-refractivity contribution in [3.8, 4) is 0 Å². The van der Waals surface area contributed by atoms with Crippen LogP contribution in [0.5, 0.6) is 0 Å². The Bertz CT molecular complexity index is 574. The summed E-state index contributed by atoms with van der Waals surface area (Å²) in [5.41, 5.74) is 0.289. The van der Waals surface area contributed by atoms with Crippen molar-refractivity contribution in [3.05, 3.63) is 34.6 Å². The van der Waals surface area contributed by atoms with Crippen molar-refractivity contribution >= 4 is 29.2 Å². The first kappa shape index (κ1) is 13.5. The normalized spacial score (nSPS) is 15.4. The number of carbonyl (C=O) groups is 2. The van der Waals surface area contributed by atoms with Gasteiger partial charge in [0.25, 0.3) is 0 Å². The minimum absolute atomic E-state index is 0.0494. The van der Waals surface area contributed by atoms with Crippen LogP contribution >= 0.6 is 11.6 Å². The number of carboxylic acids is 1. The summed E-state index contributed by atoms with van der Waals surface area (Å²) in [6, 6.07) is 4.23. The second-order valence-corrected chi connectivity index (χ2v) is 4.39. The molecule has 0 aromatic heterocycles. The van der Waals surface area contributed by atoms with Gasteiger partial charge >= 0.3 is 5.97 Å². The highest BCUT2D eigenvalue weighted by Crippen LogP contribution is 2.22. The Hall–Kier alpha value is -1.95. The molecular weight excluding hydrogens is 275 g/mol. The zero-order valence-electron chi connectivity index (χ0n) is 9.77. The number of halogens is 2. The summed E-state index contributed by atoms with van der Waals surface area (Å²) in [7, 11) is 0. The lowest BCUT2D eigenvalue weighted by molar-refractivity contribution is -0.133. The number of nitrogens with zero attached hydrogens (tertiary/aromatic N) is 2. The van der Waals surface area contributed by atoms with Gasteiger partial charge in [-0.3, -0.25) is 4.79 Å². The van der Waals surface area contributed by atoms with Gasteiger partial charge in [0, 0.05) is 12.8 Å². The SMILES string of the molecule is O=C(O)C1=NN(Cc2cccc(F)c2Cl)C(=O)CC1. The van der Waals surface area contributed by atoms with Gasteiger partial charge in [0.05, 0.1) is 11.6 Å². The number of hydrazone groups is 1. The van der Waals surface area contributed by atoms with Gasteiger partial charge in [0.1, 0.15) is 11.5 Å². The molecule has 0 aliphatic carbocycles. The number of rotatable bonds is 3. The fraction of sp³-hybridized carbons (Fsp3) is 0.250. The summed E-state index contributed by atoms with van der Waals surface area (Å²) in [6.45, 7) is -0.0494. The first-order valence-corrected chi connectivity index (χ1v) is 5.91. The van der Waals surface area contributed by atoms with E-state index in [1.54, 1.807) is 6.07 Å². The molecule has 0 radical (unpaired) electrons. The van der Waals surface area contributed by atoms with Crippen LogP contribution in [-0.4, -0.2) is 27.7 Å². The molecule has 1 heterocycles. The highest BCUT2D eigenvalue weighted by atomic mass is 35.5. The van der Waals surface area contributed by atoms with E-state index in [1.165, 1.54) is 12.1 Å². The lowest BCUT2D eigenvalue weighted by Crippen LogP contribution is -2.33. The predicted octanol–water partition coefficient (Wildman–Crippen LogP) is 2.04. The van der Waals surface area contributed by atoms with E-state index in [4.69, 9.17) is 16.7 Å². The maximum absolute atomic E-state index is 13.3. The average Bonchev–Trinajstić information content (AvgIpc) is 2.37. The topological polar surface area (TPSA) is 70.0 Å². The standard InChI is InChI=1S/C12H10ClFN2O3/c13-11-7(2-1-3-8(11)14)6-16-10(17)5-4-9(15-16)12(18)19/h1-3H,4-6H2,(H,18,19). The number of hydrogen-bond donors (Lipinski definition) is 1. The van der Waals surface area contributed by atoms with Crippen molar-refractivity contribution in [2.75, 3.05) is 0 Å². The number of benzene rings is 1. The smallest absolute Gasteiger partial charge is 0.352 e. The lowest BCUT2D eigenvalue weighted by Gasteiger charge is -2.22. The summed E-state index contributed by atoms with van der Waals surface area (Å²) < 4.78 is 13.3. The molecule has 0 saturated heterocycles. The van der Waals surface area contributed by atoms with Crippen molar-refractivity contribution in [2.45, 2.75) is 19.4 Å². The molecule has 5 nitrogen and oxygen atoms in total. The zero-order valence-corrected chi connectivity index (χ0v) is 10.5. The molecule has 2 rings (SSSR count). The maximum atomic E-state index is 13.3. The summed E-state index contributed by atoms with van der Waals surface area (Å²) in [6.07, 6.45) is 0.166. The molecule has 7 heteroatoms. The molecule has 0 saturated carbocycles. The molecule has 0 spiro atoms. The van der Waals surface area contributed by atoms with Crippen LogP contribution in [-0.2, 0) is 16.1 Å². The second-order valence-electron chi connectivity index (χ2n) is 4.02. The maximum Gasteiger partial charge on any atom is 0.352 e. The van der Waals surface area contributed by atoms with Crippen molar-refractivity contribution in [2.24, 2.45) is 5.10 Å². The molecular formula is C12H10ClFN2O3. The summed E-state index contributed by atoms with van der Waals surface area (Å²) in [5, 5.41) is 13.5. The van der Waals surface area contributed by atoms with Gasteiger partial charge in [-0.2, -0.15) is 5.10 Å². The molecule has 0 atom stereocenters. The minimum atomic E-state index is -1.16. The van der Waals surface area contributed by atoms with Gasteiger partial charge in [0.2, 0.25) is 5.91 Å². The zero-order chi connectivity index (χ0) is 14.0. The van der Waals surface area contributed by atoms with E-state index in [0.29, 0.717) is 5.56 Å². The molecule has 0 unspecified atom stereocenters. The number of amides is 1. The first-order valence-electron chi connectivity index (χ1n) is 5.53. The fourth-order valence-electron chi connectivity index (χ4n) is 1.71. The van der Waals surface area contributed by atoms with E-state index in [2.05, 4.69) is 5.10 Å². The lowest BCUT2D eigenvalue weighted by atomic mass is 10.1. The molecule has 1 aromatic carbocycles. The van der Waals surface area contributed by atoms with Crippen LogP contribution in [0.15, 0.2) is 23.3 Å². The highest BCUT2D eigenvalue weighted by Gasteiger charge is 2.24. The Kier molecular flexibility index (Phi) is 3.80. The van der Waals surface area contributed by atoms with E-state index < -0.39 is 11.8 Å². The fourth-order valence-corrected chi connectivity index (χ4v) is 1.90. The molecule has 1 aliphatic rings. The van der Waals surface area contributed by atoms with Gasteiger partial charge in [-0.1, -0.05) is 23.7 Å². The monoisotopic (exact) mass is 284 g/mol. The quantitative estimate of drug-likeness (QED) is 0.923. The van der Waals surface area contributed by atoms with Crippen LogP contribution < -0.4 is 0 Å². The molecule has 1 amide bonds. The molecule has 19 heavy (non-hydrogen) atoms. The Morgan fingerprint density at radius 3 is 2.89 bits per heavy atom. The van der Waals surface area contributed by atoms with Crippen molar-refractivity contribution in [1.29, 1.82) is 0 Å². The van der Waals surface area contributed by atoms with Gasteiger partial charge in [-0.05, 0) is 11.6 Å². The van der Waals surface area contributed by atoms with Gasteiger partial charge in [0.15, 0.2) is 0 Å². The molecule has 0 bridgehead atoms. The summed E-state index contributed by atoms with van der Waals surface area (Å²) >= 11 is 5.78. The van der Waals surface area contributed by atoms with Crippen LogP contribution in [0.4, 0.5) is 4.39 Å². The Morgan fingerprint density at radius 1 is 1.47 bits per heavy atom. The Balaban J connectivity index is 2.26. The number of hydrogen-bond acceptors (Lipinski definition) is 3. The van der Waals surface area contributed by atoms with Crippen LogP contribution in [0.3, 0.4) is 0 Å². The Labute approximate surface area is 113 Å². The molecule has 1 aliphatic heterocycles. The number of carboxylic acid groups (broad SMARTS) is 1. The molecule has 1 aromatic rings. The van der Waals surface area contributed by atoms with Crippen LogP contribution in [0, 0.1) is 5.82 Å². The van der Waals surface area contributed by atoms with Gasteiger partial charge in [-0.15, -0.1) is 0 Å². The minimum Gasteiger partial charge on any atom is -0.477 e.